The van der Waals surface area contributed by atoms with Gasteiger partial charge in [-0.05, 0) is 57.0 Å². The smallest absolute Gasteiger partial charge is 0.410 e. The molecule has 1 aromatic heterocycles. The number of amides is 3. The number of fused-ring (bicyclic) bond motifs is 1. The number of carbonyl (C=O) groups is 2. The van der Waals surface area contributed by atoms with Crippen LogP contribution in [0.2, 0.25) is 0 Å². The Morgan fingerprint density at radius 1 is 1.03 bits per heavy atom. The summed E-state index contributed by atoms with van der Waals surface area (Å²) in [6, 6.07) is 14.3. The Balaban J connectivity index is 1.46. The molecule has 8 heteroatoms. The zero-order valence-corrected chi connectivity index (χ0v) is 20.7. The van der Waals surface area contributed by atoms with Crippen LogP contribution in [0.15, 0.2) is 48.5 Å². The van der Waals surface area contributed by atoms with Gasteiger partial charge in [0.1, 0.15) is 11.4 Å². The first-order valence-electron chi connectivity index (χ1n) is 12.0. The summed E-state index contributed by atoms with van der Waals surface area (Å²) in [6.07, 6.45) is -0.358. The minimum absolute atomic E-state index is 0.154. The lowest BCUT2D eigenvalue weighted by Crippen LogP contribution is -2.54. The molecule has 1 atom stereocenters. The van der Waals surface area contributed by atoms with Gasteiger partial charge < -0.3 is 24.8 Å². The van der Waals surface area contributed by atoms with Gasteiger partial charge in [-0.15, -0.1) is 0 Å². The Hall–Kier alpha value is -3.55. The standard InChI is InChI=1S/C27H33FN4O3/c1-18-24(21-7-5-6-8-23(21)30-18)22(19-9-11-20(28)12-10-19)17-29-25(33)31-13-15-32(16-14-31)26(34)35-27(2,3)4/h5-12,22,30H,13-17H2,1-4H3,(H,29,33). The zero-order chi connectivity index (χ0) is 25.2. The van der Waals surface area contributed by atoms with Crippen LogP contribution in [0.3, 0.4) is 0 Å². The number of benzene rings is 2. The summed E-state index contributed by atoms with van der Waals surface area (Å²) in [5.74, 6) is -0.450. The molecule has 0 bridgehead atoms. The lowest BCUT2D eigenvalue weighted by atomic mass is 9.89. The van der Waals surface area contributed by atoms with Crippen LogP contribution in [0.1, 0.15) is 43.5 Å². The average Bonchev–Trinajstić information content (AvgIpc) is 3.15. The maximum atomic E-state index is 13.6. The molecule has 0 spiro atoms. The maximum absolute atomic E-state index is 13.6. The maximum Gasteiger partial charge on any atom is 0.410 e. The molecule has 2 aromatic carbocycles. The van der Waals surface area contributed by atoms with Crippen LogP contribution in [0.4, 0.5) is 14.0 Å². The van der Waals surface area contributed by atoms with Crippen molar-refractivity contribution >= 4 is 23.0 Å². The van der Waals surface area contributed by atoms with E-state index < -0.39 is 5.60 Å². The van der Waals surface area contributed by atoms with E-state index in [1.165, 1.54) is 12.1 Å². The van der Waals surface area contributed by atoms with Crippen LogP contribution in [-0.2, 0) is 4.74 Å². The second-order valence-electron chi connectivity index (χ2n) is 9.95. The highest BCUT2D eigenvalue weighted by Crippen LogP contribution is 2.33. The van der Waals surface area contributed by atoms with Crippen molar-refractivity contribution in [2.75, 3.05) is 32.7 Å². The second-order valence-corrected chi connectivity index (χ2v) is 9.95. The molecule has 0 radical (unpaired) electrons. The van der Waals surface area contributed by atoms with E-state index in [9.17, 15) is 14.0 Å². The molecule has 1 fully saturated rings. The first-order chi connectivity index (χ1) is 16.6. The van der Waals surface area contributed by atoms with E-state index in [1.54, 1.807) is 21.9 Å². The highest BCUT2D eigenvalue weighted by atomic mass is 19.1. The van der Waals surface area contributed by atoms with Crippen molar-refractivity contribution < 1.29 is 18.7 Å². The molecule has 0 saturated carbocycles. The van der Waals surface area contributed by atoms with Gasteiger partial charge in [0.15, 0.2) is 0 Å². The van der Waals surface area contributed by atoms with Gasteiger partial charge in [0.2, 0.25) is 0 Å². The Morgan fingerprint density at radius 3 is 2.31 bits per heavy atom. The number of aromatic amines is 1. The largest absolute Gasteiger partial charge is 0.444 e. The molecule has 35 heavy (non-hydrogen) atoms. The van der Waals surface area contributed by atoms with Crippen LogP contribution in [0.5, 0.6) is 0 Å². The number of nitrogens with zero attached hydrogens (tertiary/aromatic N) is 2. The molecule has 186 valence electrons. The van der Waals surface area contributed by atoms with E-state index in [0.29, 0.717) is 32.7 Å². The molecule has 1 saturated heterocycles. The Kier molecular flexibility index (Phi) is 7.00. The van der Waals surface area contributed by atoms with Crippen LogP contribution < -0.4 is 5.32 Å². The molecule has 0 aliphatic carbocycles. The van der Waals surface area contributed by atoms with Gasteiger partial charge in [-0.3, -0.25) is 0 Å². The van der Waals surface area contributed by atoms with Crippen molar-refractivity contribution in [2.45, 2.75) is 39.2 Å². The number of piperazine rings is 1. The highest BCUT2D eigenvalue weighted by Gasteiger charge is 2.28. The predicted molar refractivity (Wildman–Crippen MR) is 134 cm³/mol. The molecule has 1 aliphatic heterocycles. The number of ether oxygens (including phenoxy) is 1. The van der Waals surface area contributed by atoms with Crippen molar-refractivity contribution in [2.24, 2.45) is 0 Å². The van der Waals surface area contributed by atoms with Gasteiger partial charge in [-0.1, -0.05) is 30.3 Å². The molecule has 3 amide bonds. The third-order valence-electron chi connectivity index (χ3n) is 6.24. The monoisotopic (exact) mass is 480 g/mol. The van der Waals surface area contributed by atoms with Gasteiger partial charge in [-0.2, -0.15) is 0 Å². The summed E-state index contributed by atoms with van der Waals surface area (Å²) >= 11 is 0. The molecule has 2 heterocycles. The number of nitrogens with one attached hydrogen (secondary N) is 2. The van der Waals surface area contributed by atoms with E-state index >= 15 is 0 Å². The van der Waals surface area contributed by atoms with Gasteiger partial charge >= 0.3 is 12.1 Å². The van der Waals surface area contributed by atoms with Gasteiger partial charge in [0, 0.05) is 55.2 Å². The van der Waals surface area contributed by atoms with E-state index in [-0.39, 0.29) is 23.9 Å². The Labute approximate surface area is 205 Å². The van der Waals surface area contributed by atoms with E-state index in [1.807, 2.05) is 45.9 Å². The third kappa shape index (κ3) is 5.75. The fourth-order valence-corrected chi connectivity index (χ4v) is 4.55. The molecule has 3 aromatic rings. The average molecular weight is 481 g/mol. The Bertz CT molecular complexity index is 1190. The Morgan fingerprint density at radius 2 is 1.66 bits per heavy atom. The predicted octanol–water partition coefficient (Wildman–Crippen LogP) is 5.01. The SMILES string of the molecule is Cc1[nH]c2ccccc2c1C(CNC(=O)N1CCN(C(=O)OC(C)(C)C)CC1)c1ccc(F)cc1. The second kappa shape index (κ2) is 9.98. The molecule has 7 nitrogen and oxygen atoms in total. The number of H-pyrrole nitrogens is 1. The molecule has 4 rings (SSSR count). The van der Waals surface area contributed by atoms with Crippen LogP contribution in [0.25, 0.3) is 10.9 Å². The lowest BCUT2D eigenvalue weighted by Gasteiger charge is -2.35. The molecule has 2 N–H and O–H groups in total. The quantitative estimate of drug-likeness (QED) is 0.551. The summed E-state index contributed by atoms with van der Waals surface area (Å²) in [4.78, 5) is 32.1. The van der Waals surface area contributed by atoms with Crippen LogP contribution >= 0.6 is 0 Å². The fourth-order valence-electron chi connectivity index (χ4n) is 4.55. The van der Waals surface area contributed by atoms with Crippen molar-refractivity contribution in [3.8, 4) is 0 Å². The number of aryl methyl sites for hydroxylation is 1. The fraction of sp³-hybridized carbons (Fsp3) is 0.407. The third-order valence-corrected chi connectivity index (χ3v) is 6.24. The number of hydrogen-bond donors (Lipinski definition) is 2. The van der Waals surface area contributed by atoms with Crippen molar-refractivity contribution in [3.63, 3.8) is 0 Å². The minimum Gasteiger partial charge on any atom is -0.444 e. The van der Waals surface area contributed by atoms with Crippen LogP contribution in [0, 0.1) is 12.7 Å². The summed E-state index contributed by atoms with van der Waals surface area (Å²) < 4.78 is 19.1. The van der Waals surface area contributed by atoms with E-state index in [2.05, 4.69) is 16.4 Å². The molecule has 1 aliphatic rings. The molecular formula is C27H33FN4O3. The summed E-state index contributed by atoms with van der Waals surface area (Å²) in [5, 5.41) is 4.16. The van der Waals surface area contributed by atoms with Gasteiger partial charge in [0.25, 0.3) is 0 Å². The summed E-state index contributed by atoms with van der Waals surface area (Å²) in [5.41, 5.74) is 3.50. The first-order valence-corrected chi connectivity index (χ1v) is 12.0. The lowest BCUT2D eigenvalue weighted by molar-refractivity contribution is 0.0170. The number of hydrogen-bond acceptors (Lipinski definition) is 3. The molecular weight excluding hydrogens is 447 g/mol. The molecule has 1 unspecified atom stereocenters. The number of rotatable bonds is 4. The topological polar surface area (TPSA) is 77.7 Å². The number of urea groups is 1. The summed E-state index contributed by atoms with van der Waals surface area (Å²) in [7, 11) is 0. The minimum atomic E-state index is -0.554. The number of carbonyl (C=O) groups excluding carboxylic acids is 2. The van der Waals surface area contributed by atoms with E-state index in [0.717, 1.165) is 27.7 Å². The summed E-state index contributed by atoms with van der Waals surface area (Å²) in [6.45, 7) is 9.58. The highest BCUT2D eigenvalue weighted by molar-refractivity contribution is 5.86. The van der Waals surface area contributed by atoms with Gasteiger partial charge in [-0.25, -0.2) is 14.0 Å². The first kappa shape index (κ1) is 24.6. The van der Waals surface area contributed by atoms with Crippen molar-refractivity contribution in [3.05, 3.63) is 71.2 Å². The van der Waals surface area contributed by atoms with Crippen molar-refractivity contribution in [1.29, 1.82) is 0 Å². The number of halogens is 1. The van der Waals surface area contributed by atoms with Crippen molar-refractivity contribution in [1.82, 2.24) is 20.1 Å². The van der Waals surface area contributed by atoms with E-state index in [4.69, 9.17) is 4.74 Å². The zero-order valence-electron chi connectivity index (χ0n) is 20.7. The number of aromatic nitrogens is 1. The normalized spacial score (nSPS) is 15.2. The van der Waals surface area contributed by atoms with Gasteiger partial charge in [0.05, 0.1) is 0 Å². The van der Waals surface area contributed by atoms with Crippen LogP contribution in [-0.4, -0.2) is 65.2 Å². The number of para-hydroxylation sites is 1.